The molecule has 0 aromatic carbocycles. The van der Waals surface area contributed by atoms with Crippen LogP contribution in [0.3, 0.4) is 0 Å². The lowest BCUT2D eigenvalue weighted by Gasteiger charge is -2.09. The number of nitrogens with one attached hydrogen (secondary N) is 1. The van der Waals surface area contributed by atoms with Gasteiger partial charge >= 0.3 is 5.97 Å². The second-order valence-corrected chi connectivity index (χ2v) is 1.81. The topological polar surface area (TPSA) is 66.4 Å². The number of carboxylic acid groups (broad SMARTS) is 1. The van der Waals surface area contributed by atoms with Crippen LogP contribution < -0.4 is 5.32 Å². The molecule has 5 heteroatoms. The number of carbonyl (C=O) groups excluding carboxylic acids is 1. The van der Waals surface area contributed by atoms with E-state index in [2.05, 4.69) is 5.32 Å². The van der Waals surface area contributed by atoms with Gasteiger partial charge in [-0.25, -0.2) is 4.79 Å². The number of carbonyl (C=O) groups is 2. The number of hydrogen-bond donors (Lipinski definition) is 2. The molecule has 0 aliphatic heterocycles. The molecule has 0 fully saturated rings. The monoisotopic (exact) mass is 141 g/mol. The van der Waals surface area contributed by atoms with Gasteiger partial charge in [-0.15, -0.1) is 0 Å². The minimum absolute atomic E-state index is 0.332. The SMILES string of the molecule is [B]C(=O)NC(CC)C(=O)O. The molecule has 1 atom stereocenters. The van der Waals surface area contributed by atoms with Gasteiger partial charge in [0.1, 0.15) is 6.04 Å². The summed E-state index contributed by atoms with van der Waals surface area (Å²) in [6, 6.07) is -0.863. The van der Waals surface area contributed by atoms with Crippen LogP contribution in [0.15, 0.2) is 0 Å². The molecule has 0 aromatic rings. The van der Waals surface area contributed by atoms with Gasteiger partial charge in [0.2, 0.25) is 7.85 Å². The van der Waals surface area contributed by atoms with Crippen molar-refractivity contribution in [1.29, 1.82) is 0 Å². The van der Waals surface area contributed by atoms with Gasteiger partial charge in [0.15, 0.2) is 5.81 Å². The molecule has 0 bridgehead atoms. The van der Waals surface area contributed by atoms with E-state index in [1.165, 1.54) is 0 Å². The number of amides is 1. The molecule has 1 amide bonds. The highest BCUT2D eigenvalue weighted by atomic mass is 16.4. The Labute approximate surface area is 60.0 Å². The van der Waals surface area contributed by atoms with Crippen LogP contribution in [-0.4, -0.2) is 30.8 Å². The van der Waals surface area contributed by atoms with Gasteiger partial charge in [-0.2, -0.15) is 0 Å². The third-order valence-corrected chi connectivity index (χ3v) is 1.02. The van der Waals surface area contributed by atoms with Crippen molar-refractivity contribution >= 4 is 19.6 Å². The average Bonchev–Trinajstić information content (AvgIpc) is 1.81. The second-order valence-electron chi connectivity index (χ2n) is 1.81. The van der Waals surface area contributed by atoms with Crippen LogP contribution in [0.4, 0.5) is 4.79 Å². The Hall–Kier alpha value is -0.995. The molecule has 54 valence electrons. The molecule has 2 radical (unpaired) electrons. The maximum Gasteiger partial charge on any atom is 0.326 e. The van der Waals surface area contributed by atoms with E-state index in [4.69, 9.17) is 13.0 Å². The van der Waals surface area contributed by atoms with Crippen LogP contribution in [0.5, 0.6) is 0 Å². The summed E-state index contributed by atoms with van der Waals surface area (Å²) in [4.78, 5) is 20.3. The molecular formula is C5H8BNO3. The van der Waals surface area contributed by atoms with Gasteiger partial charge in [-0.1, -0.05) is 6.92 Å². The molecule has 0 aliphatic carbocycles. The van der Waals surface area contributed by atoms with Gasteiger partial charge in [-0.05, 0) is 6.42 Å². The van der Waals surface area contributed by atoms with Crippen molar-refractivity contribution in [3.8, 4) is 0 Å². The molecule has 0 spiro atoms. The molecule has 0 saturated heterocycles. The van der Waals surface area contributed by atoms with Crippen molar-refractivity contribution in [2.24, 2.45) is 0 Å². The van der Waals surface area contributed by atoms with Gasteiger partial charge in [0.25, 0.3) is 0 Å². The second kappa shape index (κ2) is 3.92. The first-order valence-electron chi connectivity index (χ1n) is 2.86. The predicted molar refractivity (Wildman–Crippen MR) is 36.0 cm³/mol. The standard InChI is InChI=1S/C5H8BNO3/c1-2-3(4(8)9)7-5(6)10/h3H,2H2,1H3,(H,7,10)(H,8,9). The largest absolute Gasteiger partial charge is 0.480 e. The zero-order valence-electron chi connectivity index (χ0n) is 5.63. The van der Waals surface area contributed by atoms with Gasteiger partial charge in [0.05, 0.1) is 0 Å². The summed E-state index contributed by atoms with van der Waals surface area (Å²) in [5, 5.41) is 10.4. The van der Waals surface area contributed by atoms with Crippen LogP contribution in [-0.2, 0) is 4.79 Å². The fraction of sp³-hybridized carbons (Fsp3) is 0.600. The first-order valence-corrected chi connectivity index (χ1v) is 2.86. The van der Waals surface area contributed by atoms with Crippen molar-refractivity contribution in [3.05, 3.63) is 0 Å². The predicted octanol–water partition coefficient (Wildman–Crippen LogP) is -0.272. The molecule has 0 aromatic heterocycles. The highest BCUT2D eigenvalue weighted by Gasteiger charge is 2.14. The van der Waals surface area contributed by atoms with Crippen LogP contribution >= 0.6 is 0 Å². The molecule has 4 nitrogen and oxygen atoms in total. The number of aliphatic carboxylic acids is 1. The summed E-state index contributed by atoms with van der Waals surface area (Å²) in [6.45, 7) is 1.65. The number of hydrogen-bond acceptors (Lipinski definition) is 2. The third-order valence-electron chi connectivity index (χ3n) is 1.02. The number of rotatable bonds is 3. The van der Waals surface area contributed by atoms with E-state index < -0.39 is 17.8 Å². The van der Waals surface area contributed by atoms with E-state index in [0.717, 1.165) is 0 Å². The van der Waals surface area contributed by atoms with Crippen molar-refractivity contribution in [3.63, 3.8) is 0 Å². The first kappa shape index (κ1) is 9.00. The number of carboxylic acids is 1. The molecule has 10 heavy (non-hydrogen) atoms. The van der Waals surface area contributed by atoms with E-state index in [-0.39, 0.29) is 0 Å². The van der Waals surface area contributed by atoms with E-state index in [1.54, 1.807) is 6.92 Å². The Morgan fingerprint density at radius 1 is 1.70 bits per heavy atom. The fourth-order valence-corrected chi connectivity index (χ4v) is 0.510. The summed E-state index contributed by atoms with van der Waals surface area (Å²) in [5.41, 5.74) is 0. The van der Waals surface area contributed by atoms with Crippen molar-refractivity contribution in [2.45, 2.75) is 19.4 Å². The lowest BCUT2D eigenvalue weighted by atomic mass is 10.1. The summed E-state index contributed by atoms with van der Waals surface area (Å²) < 4.78 is 0. The zero-order valence-corrected chi connectivity index (χ0v) is 5.63. The minimum Gasteiger partial charge on any atom is -0.480 e. The molecule has 1 unspecified atom stereocenters. The minimum atomic E-state index is -1.07. The Kier molecular flexibility index (Phi) is 3.53. The normalized spacial score (nSPS) is 12.1. The van der Waals surface area contributed by atoms with Crippen molar-refractivity contribution in [2.75, 3.05) is 0 Å². The van der Waals surface area contributed by atoms with Crippen molar-refractivity contribution in [1.82, 2.24) is 5.32 Å². The molecule has 2 N–H and O–H groups in total. The molecule has 0 rings (SSSR count). The Morgan fingerprint density at radius 3 is 2.30 bits per heavy atom. The molecule has 0 saturated carbocycles. The summed E-state index contributed by atoms with van der Waals surface area (Å²) in [6.07, 6.45) is 0.332. The van der Waals surface area contributed by atoms with Crippen LogP contribution in [0.1, 0.15) is 13.3 Å². The lowest BCUT2D eigenvalue weighted by molar-refractivity contribution is -0.139. The Morgan fingerprint density at radius 2 is 2.20 bits per heavy atom. The van der Waals surface area contributed by atoms with E-state index >= 15 is 0 Å². The van der Waals surface area contributed by atoms with E-state index in [1.807, 2.05) is 0 Å². The molecule has 0 heterocycles. The lowest BCUT2D eigenvalue weighted by Crippen LogP contribution is -2.39. The Bertz CT molecular complexity index is 148. The summed E-state index contributed by atoms with van der Waals surface area (Å²) in [5.74, 6) is -1.88. The first-order chi connectivity index (χ1) is 4.57. The van der Waals surface area contributed by atoms with Crippen LogP contribution in [0, 0.1) is 0 Å². The fourth-order valence-electron chi connectivity index (χ4n) is 0.510. The molecular weight excluding hydrogens is 133 g/mol. The zero-order chi connectivity index (χ0) is 8.15. The highest BCUT2D eigenvalue weighted by molar-refractivity contribution is 6.57. The highest BCUT2D eigenvalue weighted by Crippen LogP contribution is 1.89. The molecule has 0 aliphatic rings. The summed E-state index contributed by atoms with van der Waals surface area (Å²) >= 11 is 0. The van der Waals surface area contributed by atoms with Crippen molar-refractivity contribution < 1.29 is 14.7 Å². The maximum absolute atomic E-state index is 10.2. The smallest absolute Gasteiger partial charge is 0.326 e. The quantitative estimate of drug-likeness (QED) is 0.531. The van der Waals surface area contributed by atoms with Crippen LogP contribution in [0.25, 0.3) is 0 Å². The van der Waals surface area contributed by atoms with E-state index in [9.17, 15) is 9.59 Å². The third kappa shape index (κ3) is 3.12. The van der Waals surface area contributed by atoms with Crippen LogP contribution in [0.2, 0.25) is 0 Å². The van der Waals surface area contributed by atoms with E-state index in [0.29, 0.717) is 6.42 Å². The Balaban J connectivity index is 3.83. The maximum atomic E-state index is 10.2. The summed E-state index contributed by atoms with van der Waals surface area (Å²) in [7, 11) is 4.69. The van der Waals surface area contributed by atoms with Gasteiger partial charge < -0.3 is 10.4 Å². The van der Waals surface area contributed by atoms with Gasteiger partial charge in [-0.3, -0.25) is 4.79 Å². The van der Waals surface area contributed by atoms with Gasteiger partial charge in [0, 0.05) is 0 Å². The average molecular weight is 141 g/mol.